The molecule has 1 aromatic heterocycles. The molecular weight excluding hydrogens is 326 g/mol. The summed E-state index contributed by atoms with van der Waals surface area (Å²) in [4.78, 5) is 19.7. The van der Waals surface area contributed by atoms with Gasteiger partial charge in [-0.25, -0.2) is 4.98 Å². The Hall–Kier alpha value is -2.82. The van der Waals surface area contributed by atoms with Crippen molar-refractivity contribution in [1.29, 1.82) is 0 Å². The SMILES string of the molecule is COc1cccc(C2CCCN2C(=O)C(C)n2cnc3ccccc32)c1. The molecule has 2 aromatic carbocycles. The third kappa shape index (κ3) is 2.83. The first-order valence-corrected chi connectivity index (χ1v) is 9.05. The zero-order valence-electron chi connectivity index (χ0n) is 15.1. The molecule has 0 bridgehead atoms. The van der Waals surface area contributed by atoms with Crippen LogP contribution in [0.4, 0.5) is 0 Å². The van der Waals surface area contributed by atoms with Crippen LogP contribution in [-0.2, 0) is 4.79 Å². The number of aromatic nitrogens is 2. The number of para-hydroxylation sites is 2. The van der Waals surface area contributed by atoms with Crippen LogP contribution in [-0.4, -0.2) is 34.0 Å². The quantitative estimate of drug-likeness (QED) is 0.716. The number of ether oxygens (including phenoxy) is 1. The number of likely N-dealkylation sites (tertiary alicyclic amines) is 1. The van der Waals surface area contributed by atoms with Crippen LogP contribution in [0.15, 0.2) is 54.9 Å². The molecule has 0 saturated carbocycles. The van der Waals surface area contributed by atoms with Gasteiger partial charge in [0.15, 0.2) is 0 Å². The van der Waals surface area contributed by atoms with Crippen molar-refractivity contribution in [2.75, 3.05) is 13.7 Å². The normalized spacial score (nSPS) is 18.2. The molecule has 1 amide bonds. The lowest BCUT2D eigenvalue weighted by atomic mass is 10.0. The average Bonchev–Trinajstić information content (AvgIpc) is 3.34. The lowest BCUT2D eigenvalue weighted by molar-refractivity contribution is -0.135. The zero-order chi connectivity index (χ0) is 18.1. The van der Waals surface area contributed by atoms with Crippen molar-refractivity contribution in [2.45, 2.75) is 31.8 Å². The fourth-order valence-electron chi connectivity index (χ4n) is 3.87. The molecule has 5 heteroatoms. The molecule has 3 aromatic rings. The minimum absolute atomic E-state index is 0.106. The second-order valence-corrected chi connectivity index (χ2v) is 6.78. The Kier molecular flexibility index (Phi) is 4.37. The van der Waals surface area contributed by atoms with E-state index in [2.05, 4.69) is 11.1 Å². The molecule has 1 aliphatic rings. The van der Waals surface area contributed by atoms with Crippen LogP contribution in [0.5, 0.6) is 5.75 Å². The first-order valence-electron chi connectivity index (χ1n) is 9.05. The van der Waals surface area contributed by atoms with Crippen LogP contribution in [0.25, 0.3) is 11.0 Å². The van der Waals surface area contributed by atoms with Gasteiger partial charge in [0.2, 0.25) is 5.91 Å². The summed E-state index contributed by atoms with van der Waals surface area (Å²) in [5, 5.41) is 0. The number of amides is 1. The second kappa shape index (κ2) is 6.83. The summed E-state index contributed by atoms with van der Waals surface area (Å²) in [5.74, 6) is 0.967. The maximum atomic E-state index is 13.3. The van der Waals surface area contributed by atoms with Crippen molar-refractivity contribution >= 4 is 16.9 Å². The average molecular weight is 349 g/mol. The standard InChI is InChI=1S/C21H23N3O2/c1-15(24-14-22-18-9-3-4-10-20(18)24)21(25)23-12-6-11-19(23)16-7-5-8-17(13-16)26-2/h3-5,7-10,13-15,19H,6,11-12H2,1-2H3. The topological polar surface area (TPSA) is 47.4 Å². The Morgan fingerprint density at radius 1 is 1.23 bits per heavy atom. The van der Waals surface area contributed by atoms with Crippen molar-refractivity contribution in [3.63, 3.8) is 0 Å². The van der Waals surface area contributed by atoms with E-state index in [0.717, 1.165) is 41.7 Å². The Balaban J connectivity index is 1.62. The van der Waals surface area contributed by atoms with E-state index in [1.807, 2.05) is 58.9 Å². The van der Waals surface area contributed by atoms with Gasteiger partial charge in [-0.05, 0) is 49.6 Å². The molecule has 4 rings (SSSR count). The van der Waals surface area contributed by atoms with Crippen molar-refractivity contribution in [3.05, 3.63) is 60.4 Å². The number of benzene rings is 2. The van der Waals surface area contributed by atoms with Gasteiger partial charge in [0.05, 0.1) is 30.5 Å². The molecule has 0 aliphatic carbocycles. The number of hydrogen-bond donors (Lipinski definition) is 0. The van der Waals surface area contributed by atoms with Gasteiger partial charge < -0.3 is 14.2 Å². The molecule has 134 valence electrons. The predicted molar refractivity (Wildman–Crippen MR) is 101 cm³/mol. The van der Waals surface area contributed by atoms with Crippen LogP contribution in [0.1, 0.15) is 37.4 Å². The molecule has 5 nitrogen and oxygen atoms in total. The highest BCUT2D eigenvalue weighted by Crippen LogP contribution is 2.35. The van der Waals surface area contributed by atoms with Gasteiger partial charge in [0.25, 0.3) is 0 Å². The largest absolute Gasteiger partial charge is 0.497 e. The minimum Gasteiger partial charge on any atom is -0.497 e. The van der Waals surface area contributed by atoms with E-state index in [1.165, 1.54) is 0 Å². The molecule has 2 atom stereocenters. The number of carbonyl (C=O) groups excluding carboxylic acids is 1. The van der Waals surface area contributed by atoms with Crippen LogP contribution in [0.2, 0.25) is 0 Å². The minimum atomic E-state index is -0.284. The second-order valence-electron chi connectivity index (χ2n) is 6.78. The smallest absolute Gasteiger partial charge is 0.245 e. The summed E-state index contributed by atoms with van der Waals surface area (Å²) in [6.45, 7) is 2.75. The number of rotatable bonds is 4. The summed E-state index contributed by atoms with van der Waals surface area (Å²) >= 11 is 0. The molecule has 1 aliphatic heterocycles. The number of imidazole rings is 1. The fraction of sp³-hybridized carbons (Fsp3) is 0.333. The Morgan fingerprint density at radius 2 is 2.08 bits per heavy atom. The van der Waals surface area contributed by atoms with Gasteiger partial charge in [-0.2, -0.15) is 0 Å². The maximum Gasteiger partial charge on any atom is 0.245 e. The van der Waals surface area contributed by atoms with Crippen molar-refractivity contribution in [2.24, 2.45) is 0 Å². The van der Waals surface area contributed by atoms with Crippen LogP contribution >= 0.6 is 0 Å². The van der Waals surface area contributed by atoms with Crippen LogP contribution < -0.4 is 4.74 Å². The van der Waals surface area contributed by atoms with E-state index in [9.17, 15) is 4.79 Å². The summed E-state index contributed by atoms with van der Waals surface area (Å²) in [5.41, 5.74) is 3.04. The van der Waals surface area contributed by atoms with Gasteiger partial charge >= 0.3 is 0 Å². The predicted octanol–water partition coefficient (Wildman–Crippen LogP) is 3.97. The van der Waals surface area contributed by atoms with E-state index >= 15 is 0 Å². The van der Waals surface area contributed by atoms with Gasteiger partial charge in [0, 0.05) is 6.54 Å². The van der Waals surface area contributed by atoms with Crippen molar-refractivity contribution < 1.29 is 9.53 Å². The summed E-state index contributed by atoms with van der Waals surface area (Å²) in [6, 6.07) is 15.8. The summed E-state index contributed by atoms with van der Waals surface area (Å²) in [6.07, 6.45) is 3.77. The fourth-order valence-corrected chi connectivity index (χ4v) is 3.87. The molecule has 0 N–H and O–H groups in total. The molecule has 2 heterocycles. The highest BCUT2D eigenvalue weighted by Gasteiger charge is 2.33. The highest BCUT2D eigenvalue weighted by atomic mass is 16.5. The molecular formula is C21H23N3O2. The van der Waals surface area contributed by atoms with Gasteiger partial charge in [-0.15, -0.1) is 0 Å². The Bertz CT molecular complexity index is 934. The van der Waals surface area contributed by atoms with E-state index < -0.39 is 0 Å². The zero-order valence-corrected chi connectivity index (χ0v) is 15.1. The molecule has 26 heavy (non-hydrogen) atoms. The molecule has 1 fully saturated rings. The first kappa shape index (κ1) is 16.6. The van der Waals surface area contributed by atoms with E-state index in [0.29, 0.717) is 0 Å². The number of fused-ring (bicyclic) bond motifs is 1. The van der Waals surface area contributed by atoms with Crippen molar-refractivity contribution in [3.8, 4) is 5.75 Å². The number of carbonyl (C=O) groups is 1. The monoisotopic (exact) mass is 349 g/mol. The van der Waals surface area contributed by atoms with Gasteiger partial charge in [-0.3, -0.25) is 4.79 Å². The number of nitrogens with zero attached hydrogens (tertiary/aromatic N) is 3. The van der Waals surface area contributed by atoms with Crippen LogP contribution in [0, 0.1) is 0 Å². The lowest BCUT2D eigenvalue weighted by Crippen LogP contribution is -2.35. The van der Waals surface area contributed by atoms with Gasteiger partial charge in [0.1, 0.15) is 11.8 Å². The Labute approximate surface area is 153 Å². The van der Waals surface area contributed by atoms with E-state index in [-0.39, 0.29) is 18.0 Å². The van der Waals surface area contributed by atoms with Gasteiger partial charge in [-0.1, -0.05) is 24.3 Å². The van der Waals surface area contributed by atoms with E-state index in [4.69, 9.17) is 4.74 Å². The van der Waals surface area contributed by atoms with Crippen molar-refractivity contribution in [1.82, 2.24) is 14.5 Å². The third-order valence-electron chi connectivity index (χ3n) is 5.27. The first-order chi connectivity index (χ1) is 12.7. The lowest BCUT2D eigenvalue weighted by Gasteiger charge is -2.28. The maximum absolute atomic E-state index is 13.3. The Morgan fingerprint density at radius 3 is 2.92 bits per heavy atom. The van der Waals surface area contributed by atoms with E-state index in [1.54, 1.807) is 13.4 Å². The third-order valence-corrected chi connectivity index (χ3v) is 5.27. The summed E-state index contributed by atoms with van der Waals surface area (Å²) in [7, 11) is 1.67. The number of hydrogen-bond acceptors (Lipinski definition) is 3. The number of methoxy groups -OCH3 is 1. The molecule has 0 spiro atoms. The van der Waals surface area contributed by atoms with Crippen LogP contribution in [0.3, 0.4) is 0 Å². The molecule has 0 radical (unpaired) electrons. The molecule has 1 saturated heterocycles. The highest BCUT2D eigenvalue weighted by molar-refractivity contribution is 5.84. The summed E-state index contributed by atoms with van der Waals surface area (Å²) < 4.78 is 7.32. The molecule has 2 unspecified atom stereocenters.